The first kappa shape index (κ1) is 26.7. The SMILES string of the molecule is CCC(C)(C)CCCCCCc1cc(O)c(O)c(O)c1CCCCCCC(C)(C)C. The van der Waals surface area contributed by atoms with E-state index in [0.717, 1.165) is 49.7 Å². The van der Waals surface area contributed by atoms with Crippen molar-refractivity contribution >= 4 is 0 Å². The number of hydrogen-bond acceptors (Lipinski definition) is 3. The van der Waals surface area contributed by atoms with Crippen LogP contribution in [0.15, 0.2) is 6.07 Å². The molecule has 1 aromatic rings. The average Bonchev–Trinajstić information content (AvgIpc) is 2.66. The predicted molar refractivity (Wildman–Crippen MR) is 129 cm³/mol. The Morgan fingerprint density at radius 1 is 0.667 bits per heavy atom. The zero-order valence-corrected chi connectivity index (χ0v) is 20.6. The maximum atomic E-state index is 10.4. The van der Waals surface area contributed by atoms with Gasteiger partial charge in [-0.3, -0.25) is 0 Å². The molecule has 0 saturated heterocycles. The summed E-state index contributed by atoms with van der Waals surface area (Å²) in [6.45, 7) is 13.8. The Balaban J connectivity index is 2.52. The standard InChI is InChI=1S/C27H48O3/c1-7-27(5,6)19-15-11-8-12-16-21-20-23(28)25(30)24(29)22(21)17-13-9-10-14-18-26(2,3)4/h20,28-30H,7-19H2,1-6H3. The van der Waals surface area contributed by atoms with Crippen LogP contribution in [0.25, 0.3) is 0 Å². The molecule has 3 nitrogen and oxygen atoms in total. The Morgan fingerprint density at radius 3 is 1.77 bits per heavy atom. The Hall–Kier alpha value is -1.38. The van der Waals surface area contributed by atoms with Gasteiger partial charge in [0.1, 0.15) is 0 Å². The molecule has 0 aromatic heterocycles. The molecule has 0 aliphatic carbocycles. The Bertz CT molecular complexity index is 626. The van der Waals surface area contributed by atoms with E-state index in [9.17, 15) is 15.3 Å². The lowest BCUT2D eigenvalue weighted by Gasteiger charge is -2.22. The molecule has 0 saturated carbocycles. The first-order chi connectivity index (χ1) is 14.0. The highest BCUT2D eigenvalue weighted by atomic mass is 16.3. The molecule has 0 fully saturated rings. The number of aromatic hydroxyl groups is 3. The van der Waals surface area contributed by atoms with Crippen molar-refractivity contribution in [2.24, 2.45) is 10.8 Å². The molecule has 3 N–H and O–H groups in total. The van der Waals surface area contributed by atoms with Crippen molar-refractivity contribution in [2.45, 2.75) is 125 Å². The van der Waals surface area contributed by atoms with Gasteiger partial charge in [0.25, 0.3) is 0 Å². The van der Waals surface area contributed by atoms with Crippen molar-refractivity contribution in [2.75, 3.05) is 0 Å². The molecule has 0 radical (unpaired) electrons. The third kappa shape index (κ3) is 10.1. The fraction of sp³-hybridized carbons (Fsp3) is 0.778. The van der Waals surface area contributed by atoms with Crippen LogP contribution >= 0.6 is 0 Å². The van der Waals surface area contributed by atoms with Crippen molar-refractivity contribution < 1.29 is 15.3 Å². The monoisotopic (exact) mass is 420 g/mol. The van der Waals surface area contributed by atoms with Gasteiger partial charge in [-0.1, -0.05) is 86.5 Å². The molecule has 1 rings (SSSR count). The van der Waals surface area contributed by atoms with Gasteiger partial charge in [0, 0.05) is 5.56 Å². The molecule has 0 unspecified atom stereocenters. The normalized spacial score (nSPS) is 12.5. The quantitative estimate of drug-likeness (QED) is 0.210. The van der Waals surface area contributed by atoms with Crippen LogP contribution in [0.2, 0.25) is 0 Å². The summed E-state index contributed by atoms with van der Waals surface area (Å²) >= 11 is 0. The van der Waals surface area contributed by atoms with E-state index < -0.39 is 0 Å². The highest BCUT2D eigenvalue weighted by molar-refractivity contribution is 5.57. The molecule has 0 aliphatic rings. The van der Waals surface area contributed by atoms with Gasteiger partial charge in [-0.25, -0.2) is 0 Å². The van der Waals surface area contributed by atoms with Gasteiger partial charge in [0.2, 0.25) is 5.75 Å². The second-order valence-electron chi connectivity index (χ2n) is 11.1. The van der Waals surface area contributed by atoms with E-state index in [-0.39, 0.29) is 17.2 Å². The fourth-order valence-electron chi connectivity index (χ4n) is 4.00. The number of aryl methyl sites for hydroxylation is 1. The summed E-state index contributed by atoms with van der Waals surface area (Å²) in [5.74, 6) is -0.700. The van der Waals surface area contributed by atoms with E-state index in [1.165, 1.54) is 44.9 Å². The van der Waals surface area contributed by atoms with E-state index in [0.29, 0.717) is 10.8 Å². The van der Waals surface area contributed by atoms with Crippen LogP contribution in [0.1, 0.15) is 123 Å². The van der Waals surface area contributed by atoms with Crippen molar-refractivity contribution in [1.82, 2.24) is 0 Å². The first-order valence-corrected chi connectivity index (χ1v) is 12.2. The summed E-state index contributed by atoms with van der Waals surface area (Å²) in [5.41, 5.74) is 2.65. The Morgan fingerprint density at radius 2 is 1.20 bits per heavy atom. The van der Waals surface area contributed by atoms with Gasteiger partial charge >= 0.3 is 0 Å². The minimum atomic E-state index is -0.372. The summed E-state index contributed by atoms with van der Waals surface area (Å²) in [5, 5.41) is 30.4. The van der Waals surface area contributed by atoms with E-state index in [2.05, 4.69) is 41.5 Å². The molecular formula is C27H48O3. The molecule has 0 amide bonds. The van der Waals surface area contributed by atoms with Gasteiger partial charge in [0.15, 0.2) is 11.5 Å². The lowest BCUT2D eigenvalue weighted by atomic mass is 9.84. The molecule has 1 aromatic carbocycles. The number of benzene rings is 1. The predicted octanol–water partition coefficient (Wildman–Crippen LogP) is 8.27. The maximum absolute atomic E-state index is 10.4. The van der Waals surface area contributed by atoms with E-state index in [4.69, 9.17) is 0 Å². The molecule has 3 heteroatoms. The summed E-state index contributed by atoms with van der Waals surface area (Å²) in [6, 6.07) is 1.66. The zero-order chi connectivity index (χ0) is 22.8. The molecule has 174 valence electrons. The summed E-state index contributed by atoms with van der Waals surface area (Å²) < 4.78 is 0. The van der Waals surface area contributed by atoms with E-state index in [1.807, 2.05) is 0 Å². The lowest BCUT2D eigenvalue weighted by molar-refractivity contribution is 0.307. The van der Waals surface area contributed by atoms with Crippen LogP contribution in [0.5, 0.6) is 17.2 Å². The van der Waals surface area contributed by atoms with Crippen LogP contribution in [-0.4, -0.2) is 15.3 Å². The van der Waals surface area contributed by atoms with Crippen molar-refractivity contribution in [1.29, 1.82) is 0 Å². The van der Waals surface area contributed by atoms with Crippen LogP contribution < -0.4 is 0 Å². The fourth-order valence-corrected chi connectivity index (χ4v) is 4.00. The second kappa shape index (κ2) is 12.5. The lowest BCUT2D eigenvalue weighted by Crippen LogP contribution is -2.08. The van der Waals surface area contributed by atoms with Crippen molar-refractivity contribution in [3.63, 3.8) is 0 Å². The largest absolute Gasteiger partial charge is 0.504 e. The molecule has 0 atom stereocenters. The summed E-state index contributed by atoms with van der Waals surface area (Å²) in [7, 11) is 0. The van der Waals surface area contributed by atoms with Crippen LogP contribution in [0.3, 0.4) is 0 Å². The highest BCUT2D eigenvalue weighted by Crippen LogP contribution is 2.41. The number of unbranched alkanes of at least 4 members (excludes halogenated alkanes) is 6. The number of phenols is 3. The molecular weight excluding hydrogens is 372 g/mol. The number of hydrogen-bond donors (Lipinski definition) is 3. The molecule has 0 aliphatic heterocycles. The minimum absolute atomic E-state index is 0.121. The topological polar surface area (TPSA) is 60.7 Å². The Labute approximate surface area is 185 Å². The number of rotatable bonds is 14. The molecule has 30 heavy (non-hydrogen) atoms. The molecule has 0 heterocycles. The van der Waals surface area contributed by atoms with E-state index in [1.54, 1.807) is 6.07 Å². The Kier molecular flexibility index (Phi) is 11.1. The molecule has 0 spiro atoms. The van der Waals surface area contributed by atoms with Gasteiger partial charge in [-0.05, 0) is 61.0 Å². The van der Waals surface area contributed by atoms with Crippen molar-refractivity contribution in [3.05, 3.63) is 17.2 Å². The zero-order valence-electron chi connectivity index (χ0n) is 20.6. The number of phenolic OH excluding ortho intramolecular Hbond substituents is 3. The van der Waals surface area contributed by atoms with Crippen LogP contribution in [-0.2, 0) is 12.8 Å². The van der Waals surface area contributed by atoms with Gasteiger partial charge < -0.3 is 15.3 Å². The van der Waals surface area contributed by atoms with Crippen LogP contribution in [0, 0.1) is 10.8 Å². The first-order valence-electron chi connectivity index (χ1n) is 12.2. The van der Waals surface area contributed by atoms with E-state index >= 15 is 0 Å². The minimum Gasteiger partial charge on any atom is -0.504 e. The van der Waals surface area contributed by atoms with Crippen molar-refractivity contribution in [3.8, 4) is 17.2 Å². The van der Waals surface area contributed by atoms with Crippen LogP contribution in [0.4, 0.5) is 0 Å². The second-order valence-corrected chi connectivity index (χ2v) is 11.1. The third-order valence-electron chi connectivity index (χ3n) is 6.56. The maximum Gasteiger partial charge on any atom is 0.200 e. The third-order valence-corrected chi connectivity index (χ3v) is 6.56. The average molecular weight is 421 g/mol. The smallest absolute Gasteiger partial charge is 0.200 e. The highest BCUT2D eigenvalue weighted by Gasteiger charge is 2.17. The van der Waals surface area contributed by atoms with Gasteiger partial charge in [0.05, 0.1) is 0 Å². The summed E-state index contributed by atoms with van der Waals surface area (Å²) in [4.78, 5) is 0. The van der Waals surface area contributed by atoms with Gasteiger partial charge in [-0.15, -0.1) is 0 Å². The summed E-state index contributed by atoms with van der Waals surface area (Å²) in [6.07, 6.45) is 14.6. The molecule has 0 bridgehead atoms. The van der Waals surface area contributed by atoms with Gasteiger partial charge in [-0.2, -0.15) is 0 Å².